The first-order valence-electron chi connectivity index (χ1n) is 7.82. The van der Waals surface area contributed by atoms with Gasteiger partial charge in [0.15, 0.2) is 11.4 Å². The molecule has 0 saturated carbocycles. The van der Waals surface area contributed by atoms with E-state index in [4.69, 9.17) is 9.47 Å². The van der Waals surface area contributed by atoms with Crippen LogP contribution in [-0.2, 0) is 22.3 Å². The fourth-order valence-electron chi connectivity index (χ4n) is 3.20. The van der Waals surface area contributed by atoms with Gasteiger partial charge in [0.2, 0.25) is 0 Å². The van der Waals surface area contributed by atoms with Gasteiger partial charge in [0.25, 0.3) is 0 Å². The molecule has 2 aromatic carbocycles. The summed E-state index contributed by atoms with van der Waals surface area (Å²) in [5.74, 6) is 0. The summed E-state index contributed by atoms with van der Waals surface area (Å²) < 4.78 is 11.7. The number of hydrogen-bond acceptors (Lipinski definition) is 3. The number of epoxide rings is 2. The Morgan fingerprint density at radius 2 is 1.14 bits per heavy atom. The second-order valence-corrected chi connectivity index (χ2v) is 6.35. The minimum absolute atomic E-state index is 0.202. The van der Waals surface area contributed by atoms with E-state index in [2.05, 4.69) is 72.6 Å². The van der Waals surface area contributed by atoms with Crippen LogP contribution in [0.4, 0.5) is 0 Å². The number of hydrogen-bond donors (Lipinski definition) is 0. The van der Waals surface area contributed by atoms with Gasteiger partial charge in [0, 0.05) is 12.8 Å². The average Bonchev–Trinajstić information content (AvgIpc) is 3.47. The Morgan fingerprint density at radius 1 is 0.773 bits per heavy atom. The van der Waals surface area contributed by atoms with E-state index in [1.54, 1.807) is 0 Å². The van der Waals surface area contributed by atoms with Crippen LogP contribution in [0.5, 0.6) is 0 Å². The Morgan fingerprint density at radius 3 is 1.45 bits per heavy atom. The third-order valence-electron chi connectivity index (χ3n) is 4.82. The van der Waals surface area contributed by atoms with Crippen molar-refractivity contribution in [3.8, 4) is 0 Å². The summed E-state index contributed by atoms with van der Waals surface area (Å²) in [7, 11) is 2.13. The number of benzene rings is 2. The van der Waals surface area contributed by atoms with Gasteiger partial charge in [-0.25, -0.2) is 4.90 Å². The molecule has 2 heterocycles. The lowest BCUT2D eigenvalue weighted by Gasteiger charge is -2.31. The van der Waals surface area contributed by atoms with Crippen molar-refractivity contribution in [2.45, 2.75) is 24.3 Å². The first-order valence-corrected chi connectivity index (χ1v) is 7.82. The maximum atomic E-state index is 5.87. The molecular formula is C19H21NO2. The Balaban J connectivity index is 1.50. The molecule has 2 atom stereocenters. The van der Waals surface area contributed by atoms with Crippen molar-refractivity contribution in [3.63, 3.8) is 0 Å². The van der Waals surface area contributed by atoms with Crippen LogP contribution in [0.25, 0.3) is 0 Å². The van der Waals surface area contributed by atoms with Gasteiger partial charge in [-0.2, -0.15) is 0 Å². The maximum absolute atomic E-state index is 5.87. The molecular weight excluding hydrogens is 274 g/mol. The molecule has 0 N–H and O–H groups in total. The second kappa shape index (κ2) is 5.20. The fourth-order valence-corrected chi connectivity index (χ4v) is 3.20. The number of likely N-dealkylation sites (N-methyl/N-ethyl adjacent to an activating group) is 1. The molecule has 3 nitrogen and oxygen atoms in total. The van der Waals surface area contributed by atoms with Crippen LogP contribution < -0.4 is 0 Å². The van der Waals surface area contributed by atoms with Crippen LogP contribution in [0.15, 0.2) is 60.7 Å². The summed E-state index contributed by atoms with van der Waals surface area (Å²) in [5, 5.41) is 0. The summed E-state index contributed by atoms with van der Waals surface area (Å²) >= 11 is 0. The Bertz CT molecular complexity index is 575. The van der Waals surface area contributed by atoms with Crippen molar-refractivity contribution in [2.75, 3.05) is 20.3 Å². The van der Waals surface area contributed by atoms with Gasteiger partial charge >= 0.3 is 0 Å². The van der Waals surface area contributed by atoms with E-state index in [0.717, 1.165) is 26.1 Å². The molecule has 0 aliphatic carbocycles. The highest BCUT2D eigenvalue weighted by atomic mass is 16.7. The zero-order valence-electron chi connectivity index (χ0n) is 12.9. The molecule has 0 aromatic heterocycles. The monoisotopic (exact) mass is 295 g/mol. The Labute approximate surface area is 131 Å². The molecule has 0 amide bonds. The second-order valence-electron chi connectivity index (χ2n) is 6.35. The summed E-state index contributed by atoms with van der Waals surface area (Å²) in [6.07, 6.45) is 1.81. The van der Waals surface area contributed by atoms with Gasteiger partial charge in [-0.1, -0.05) is 60.7 Å². The first kappa shape index (κ1) is 13.9. The van der Waals surface area contributed by atoms with E-state index < -0.39 is 0 Å². The summed E-state index contributed by atoms with van der Waals surface area (Å²) in [4.78, 5) is 2.31. The third-order valence-corrected chi connectivity index (χ3v) is 4.82. The van der Waals surface area contributed by atoms with Crippen LogP contribution in [0.3, 0.4) is 0 Å². The zero-order valence-corrected chi connectivity index (χ0v) is 12.9. The van der Waals surface area contributed by atoms with Crippen molar-refractivity contribution in [1.29, 1.82) is 0 Å². The van der Waals surface area contributed by atoms with E-state index in [9.17, 15) is 0 Å². The lowest BCUT2D eigenvalue weighted by Crippen LogP contribution is -2.48. The zero-order chi connectivity index (χ0) is 15.0. The van der Waals surface area contributed by atoms with Crippen LogP contribution in [0, 0.1) is 0 Å². The lowest BCUT2D eigenvalue weighted by molar-refractivity contribution is -0.00236. The van der Waals surface area contributed by atoms with Gasteiger partial charge in [-0.3, -0.25) is 0 Å². The van der Waals surface area contributed by atoms with E-state index >= 15 is 0 Å². The van der Waals surface area contributed by atoms with Crippen LogP contribution in [0.1, 0.15) is 11.1 Å². The minimum atomic E-state index is -0.202. The van der Waals surface area contributed by atoms with E-state index in [1.165, 1.54) is 11.1 Å². The molecule has 0 spiro atoms. The molecule has 0 radical (unpaired) electrons. The standard InChI is InChI=1S/C19H21NO2/c1-20(18(14-21-18)12-16-8-4-2-5-9-16)19(15-22-19)13-17-10-6-3-7-11-17/h2-11H,12-15H2,1H3. The highest BCUT2D eigenvalue weighted by Gasteiger charge is 2.61. The van der Waals surface area contributed by atoms with Crippen LogP contribution in [-0.4, -0.2) is 36.6 Å². The molecule has 2 fully saturated rings. The summed E-state index contributed by atoms with van der Waals surface area (Å²) in [6.45, 7) is 1.55. The smallest absolute Gasteiger partial charge is 0.151 e. The van der Waals surface area contributed by atoms with Gasteiger partial charge in [0.05, 0.1) is 13.2 Å². The first-order chi connectivity index (χ1) is 10.7. The van der Waals surface area contributed by atoms with Crippen LogP contribution in [0.2, 0.25) is 0 Å². The van der Waals surface area contributed by atoms with E-state index in [-0.39, 0.29) is 11.4 Å². The largest absolute Gasteiger partial charge is 0.353 e. The van der Waals surface area contributed by atoms with E-state index in [0.29, 0.717) is 0 Å². The fraction of sp³-hybridized carbons (Fsp3) is 0.368. The highest BCUT2D eigenvalue weighted by Crippen LogP contribution is 2.45. The molecule has 4 rings (SSSR count). The summed E-state index contributed by atoms with van der Waals surface area (Å²) in [6, 6.07) is 21.1. The third kappa shape index (κ3) is 2.56. The average molecular weight is 295 g/mol. The summed E-state index contributed by atoms with van der Waals surface area (Å²) in [5.41, 5.74) is 2.21. The quantitative estimate of drug-likeness (QED) is 0.767. The minimum Gasteiger partial charge on any atom is -0.353 e. The number of nitrogens with zero attached hydrogens (tertiary/aromatic N) is 1. The normalized spacial score (nSPS) is 29.5. The molecule has 0 bridgehead atoms. The highest BCUT2D eigenvalue weighted by molar-refractivity contribution is 5.22. The topological polar surface area (TPSA) is 28.3 Å². The predicted octanol–water partition coefficient (Wildman–Crippen LogP) is 2.86. The number of ether oxygens (including phenoxy) is 2. The lowest BCUT2D eigenvalue weighted by atomic mass is 10.0. The molecule has 2 unspecified atom stereocenters. The molecule has 3 heteroatoms. The van der Waals surface area contributed by atoms with Gasteiger partial charge < -0.3 is 9.47 Å². The van der Waals surface area contributed by atoms with Crippen molar-refractivity contribution in [2.24, 2.45) is 0 Å². The molecule has 22 heavy (non-hydrogen) atoms. The van der Waals surface area contributed by atoms with Gasteiger partial charge in [-0.15, -0.1) is 0 Å². The maximum Gasteiger partial charge on any atom is 0.151 e. The van der Waals surface area contributed by atoms with Crippen LogP contribution >= 0.6 is 0 Å². The SMILES string of the molecule is CN(C1(Cc2ccccc2)CO1)C1(Cc2ccccc2)CO1. The number of rotatable bonds is 6. The van der Waals surface area contributed by atoms with Gasteiger partial charge in [-0.05, 0) is 18.2 Å². The molecule has 2 aliphatic heterocycles. The van der Waals surface area contributed by atoms with Crippen molar-refractivity contribution >= 4 is 0 Å². The van der Waals surface area contributed by atoms with Crippen molar-refractivity contribution in [1.82, 2.24) is 4.90 Å². The van der Waals surface area contributed by atoms with Crippen molar-refractivity contribution < 1.29 is 9.47 Å². The molecule has 2 aliphatic rings. The Kier molecular flexibility index (Phi) is 3.30. The predicted molar refractivity (Wildman–Crippen MR) is 85.4 cm³/mol. The molecule has 2 aromatic rings. The van der Waals surface area contributed by atoms with Crippen molar-refractivity contribution in [3.05, 3.63) is 71.8 Å². The van der Waals surface area contributed by atoms with E-state index in [1.807, 2.05) is 0 Å². The molecule has 2 saturated heterocycles. The van der Waals surface area contributed by atoms with Gasteiger partial charge in [0.1, 0.15) is 0 Å². The Hall–Kier alpha value is -1.68. The molecule has 114 valence electrons.